The molecule has 2 saturated heterocycles. The molecule has 0 spiro atoms. The lowest BCUT2D eigenvalue weighted by Crippen LogP contribution is -2.54. The van der Waals surface area contributed by atoms with Crippen LogP contribution in [0.3, 0.4) is 0 Å². The highest BCUT2D eigenvalue weighted by Crippen LogP contribution is 2.41. The van der Waals surface area contributed by atoms with E-state index in [1.807, 2.05) is 6.92 Å². The van der Waals surface area contributed by atoms with E-state index < -0.39 is 28.4 Å². The van der Waals surface area contributed by atoms with E-state index >= 15 is 0 Å². The van der Waals surface area contributed by atoms with E-state index in [1.54, 1.807) is 9.80 Å². The molecule has 2 unspecified atom stereocenters. The fraction of sp³-hybridized carbons (Fsp3) is 0.636. The number of carbonyl (C=O) groups excluding carboxylic acids is 1. The Labute approximate surface area is 198 Å². The largest absolute Gasteiger partial charge is 0.465 e. The third kappa shape index (κ3) is 6.70. The van der Waals surface area contributed by atoms with Gasteiger partial charge in [-0.2, -0.15) is 23.8 Å². The molecule has 2 aliphatic heterocycles. The number of urea groups is 1. The topological polar surface area (TPSA) is 105 Å². The predicted octanol–water partition coefficient (Wildman–Crippen LogP) is 4.69. The Balaban J connectivity index is 1.80. The SMILES string of the molecule is CCCN(CC1CC(c2ccc(C(F)(F)F)cc2)CN(C(=O)N2CCS(O)(O)CC2)C1)C(=O)O. The molecule has 192 valence electrons. The third-order valence-corrected chi connectivity index (χ3v) is 8.08. The molecule has 8 nitrogen and oxygen atoms in total. The fourth-order valence-electron chi connectivity index (χ4n) is 4.64. The van der Waals surface area contributed by atoms with Crippen molar-refractivity contribution in [3.8, 4) is 0 Å². The van der Waals surface area contributed by atoms with Gasteiger partial charge in [0.1, 0.15) is 0 Å². The lowest BCUT2D eigenvalue weighted by atomic mass is 9.84. The molecule has 34 heavy (non-hydrogen) atoms. The van der Waals surface area contributed by atoms with Gasteiger partial charge in [0.05, 0.1) is 17.1 Å². The van der Waals surface area contributed by atoms with Crippen LogP contribution in [0.25, 0.3) is 0 Å². The van der Waals surface area contributed by atoms with E-state index in [9.17, 15) is 37.0 Å². The average molecular weight is 508 g/mol. The molecule has 3 rings (SSSR count). The van der Waals surface area contributed by atoms with Crippen LogP contribution < -0.4 is 0 Å². The molecule has 2 aliphatic rings. The fourth-order valence-corrected chi connectivity index (χ4v) is 5.87. The van der Waals surface area contributed by atoms with Gasteiger partial charge >= 0.3 is 18.3 Å². The van der Waals surface area contributed by atoms with Crippen LogP contribution in [0.4, 0.5) is 22.8 Å². The van der Waals surface area contributed by atoms with Crippen molar-refractivity contribution in [1.82, 2.24) is 14.7 Å². The molecule has 0 saturated carbocycles. The van der Waals surface area contributed by atoms with Crippen molar-refractivity contribution in [3.63, 3.8) is 0 Å². The third-order valence-electron chi connectivity index (χ3n) is 6.41. The Bertz CT molecular complexity index is 858. The van der Waals surface area contributed by atoms with Gasteiger partial charge < -0.3 is 19.8 Å². The van der Waals surface area contributed by atoms with Crippen LogP contribution in [0.15, 0.2) is 24.3 Å². The molecule has 0 aromatic heterocycles. The minimum atomic E-state index is -4.44. The standard InChI is InChI=1S/C22H32F3N3O5S/c1-2-7-27(21(30)31)13-16-12-18(17-3-5-19(6-4-17)22(23,24)25)15-28(14-16)20(29)26-8-10-34(32,33)11-9-26/h3-6,16,18,32-33H,2,7-15H2,1H3,(H,30,31). The second-order valence-electron chi connectivity index (χ2n) is 9.03. The zero-order valence-electron chi connectivity index (χ0n) is 19.1. The molecule has 1 aromatic carbocycles. The number of carbonyl (C=O) groups is 2. The number of amides is 3. The van der Waals surface area contributed by atoms with Gasteiger partial charge in [-0.05, 0) is 36.5 Å². The summed E-state index contributed by atoms with van der Waals surface area (Å²) in [4.78, 5) is 29.4. The van der Waals surface area contributed by atoms with Crippen LogP contribution in [0.2, 0.25) is 0 Å². The van der Waals surface area contributed by atoms with E-state index in [-0.39, 0.29) is 49.0 Å². The Morgan fingerprint density at radius 1 is 1.09 bits per heavy atom. The number of benzene rings is 1. The number of carboxylic acid groups (broad SMARTS) is 1. The van der Waals surface area contributed by atoms with Crippen LogP contribution in [0, 0.1) is 5.92 Å². The van der Waals surface area contributed by atoms with Gasteiger partial charge in [-0.3, -0.25) is 9.11 Å². The number of halogens is 3. The number of rotatable bonds is 5. The zero-order valence-corrected chi connectivity index (χ0v) is 19.9. The maximum atomic E-state index is 13.2. The molecule has 0 bridgehead atoms. The van der Waals surface area contributed by atoms with Crippen LogP contribution >= 0.6 is 10.6 Å². The molecule has 1 aromatic rings. The van der Waals surface area contributed by atoms with Crippen molar-refractivity contribution < 1.29 is 37.0 Å². The Kier molecular flexibility index (Phi) is 8.25. The Morgan fingerprint density at radius 2 is 1.71 bits per heavy atom. The minimum Gasteiger partial charge on any atom is -0.465 e. The molecule has 12 heteroatoms. The van der Waals surface area contributed by atoms with Crippen molar-refractivity contribution in [3.05, 3.63) is 35.4 Å². The lowest BCUT2D eigenvalue weighted by molar-refractivity contribution is -0.137. The van der Waals surface area contributed by atoms with Crippen LogP contribution in [0.1, 0.15) is 36.8 Å². The predicted molar refractivity (Wildman–Crippen MR) is 123 cm³/mol. The van der Waals surface area contributed by atoms with Crippen molar-refractivity contribution >= 4 is 22.7 Å². The smallest absolute Gasteiger partial charge is 0.416 e. The summed E-state index contributed by atoms with van der Waals surface area (Å²) in [6, 6.07) is 4.64. The highest BCUT2D eigenvalue weighted by molar-refractivity contribution is 8.24. The molecule has 2 heterocycles. The van der Waals surface area contributed by atoms with Crippen LogP contribution in [-0.2, 0) is 6.18 Å². The summed E-state index contributed by atoms with van der Waals surface area (Å²) in [6.07, 6.45) is -4.30. The molecular weight excluding hydrogens is 475 g/mol. The van der Waals surface area contributed by atoms with E-state index in [2.05, 4.69) is 0 Å². The maximum Gasteiger partial charge on any atom is 0.416 e. The molecule has 3 N–H and O–H groups in total. The summed E-state index contributed by atoms with van der Waals surface area (Å²) in [5.74, 6) is -0.200. The van der Waals surface area contributed by atoms with Gasteiger partial charge in [0.2, 0.25) is 0 Å². The molecule has 3 amide bonds. The molecule has 0 aliphatic carbocycles. The van der Waals surface area contributed by atoms with Gasteiger partial charge in [-0.25, -0.2) is 9.59 Å². The minimum absolute atomic E-state index is 0.113. The Morgan fingerprint density at radius 3 is 2.24 bits per heavy atom. The van der Waals surface area contributed by atoms with Gasteiger partial charge in [0, 0.05) is 45.2 Å². The maximum absolute atomic E-state index is 13.2. The summed E-state index contributed by atoms with van der Waals surface area (Å²) >= 11 is 0. The van der Waals surface area contributed by atoms with E-state index in [4.69, 9.17) is 0 Å². The van der Waals surface area contributed by atoms with E-state index in [1.165, 1.54) is 17.0 Å². The van der Waals surface area contributed by atoms with Crippen LogP contribution in [-0.4, -0.2) is 91.8 Å². The first-order chi connectivity index (χ1) is 15.9. The number of likely N-dealkylation sites (tertiary alicyclic amines) is 1. The normalized spacial score (nSPS) is 23.9. The summed E-state index contributed by atoms with van der Waals surface area (Å²) in [5.41, 5.74) is -0.0791. The zero-order chi connectivity index (χ0) is 25.1. The van der Waals surface area contributed by atoms with Crippen molar-refractivity contribution in [2.75, 3.05) is 50.8 Å². The summed E-state index contributed by atoms with van der Waals surface area (Å²) in [6.45, 7) is 3.51. The summed E-state index contributed by atoms with van der Waals surface area (Å²) in [7, 11) is -2.67. The lowest BCUT2D eigenvalue weighted by Gasteiger charge is -2.45. The molecule has 0 radical (unpaired) electrons. The van der Waals surface area contributed by atoms with E-state index in [0.29, 0.717) is 38.0 Å². The van der Waals surface area contributed by atoms with Gasteiger partial charge in [0.25, 0.3) is 0 Å². The monoisotopic (exact) mass is 507 g/mol. The first kappa shape index (κ1) is 26.4. The average Bonchev–Trinajstić information content (AvgIpc) is 2.77. The highest BCUT2D eigenvalue weighted by Gasteiger charge is 2.36. The summed E-state index contributed by atoms with van der Waals surface area (Å²) in [5, 5.41) is 9.54. The van der Waals surface area contributed by atoms with E-state index in [0.717, 1.165) is 12.1 Å². The highest BCUT2D eigenvalue weighted by atomic mass is 32.3. The van der Waals surface area contributed by atoms with Crippen molar-refractivity contribution in [1.29, 1.82) is 0 Å². The quantitative estimate of drug-likeness (QED) is 0.537. The Hall–Kier alpha value is -2.18. The van der Waals surface area contributed by atoms with Crippen LogP contribution in [0.5, 0.6) is 0 Å². The van der Waals surface area contributed by atoms with Crippen molar-refractivity contribution in [2.45, 2.75) is 31.9 Å². The van der Waals surface area contributed by atoms with Crippen molar-refractivity contribution in [2.24, 2.45) is 5.92 Å². The van der Waals surface area contributed by atoms with Gasteiger partial charge in [0.15, 0.2) is 0 Å². The number of hydrogen-bond donors (Lipinski definition) is 3. The van der Waals surface area contributed by atoms with Gasteiger partial charge in [-0.15, -0.1) is 0 Å². The number of alkyl halides is 3. The number of piperidine rings is 1. The number of hydrogen-bond acceptors (Lipinski definition) is 4. The second kappa shape index (κ2) is 10.6. The van der Waals surface area contributed by atoms with Gasteiger partial charge in [-0.1, -0.05) is 19.1 Å². The summed E-state index contributed by atoms with van der Waals surface area (Å²) < 4.78 is 58.7. The second-order valence-corrected chi connectivity index (χ2v) is 11.5. The molecular formula is C22H32F3N3O5S. The first-order valence-electron chi connectivity index (χ1n) is 11.3. The molecule has 2 atom stereocenters. The number of nitrogens with zero attached hydrogens (tertiary/aromatic N) is 3. The first-order valence-corrected chi connectivity index (χ1v) is 13.2. The molecule has 2 fully saturated rings.